The number of aliphatic hydroxyl groups is 1. The van der Waals surface area contributed by atoms with Crippen molar-refractivity contribution in [3.05, 3.63) is 161 Å². The summed E-state index contributed by atoms with van der Waals surface area (Å²) in [5.74, 6) is 0.670. The number of nitrogens with zero attached hydrogens (tertiary/aromatic N) is 10. The molecule has 6 atom stereocenters. The normalized spacial score (nSPS) is 19.7. The maximum Gasteiger partial charge on any atom is 0.256 e. The molecular formula is C56H57F3N16O8. The summed E-state index contributed by atoms with van der Waals surface area (Å²) in [5, 5.41) is 39.9. The van der Waals surface area contributed by atoms with Gasteiger partial charge in [0.1, 0.15) is 81.1 Å². The Labute approximate surface area is 471 Å². The zero-order chi connectivity index (χ0) is 58.5. The Kier molecular flexibility index (Phi) is 16.6. The minimum Gasteiger partial charge on any atom is -0.487 e. The van der Waals surface area contributed by atoms with Gasteiger partial charge in [-0.25, -0.2) is 41.7 Å². The maximum atomic E-state index is 14.0. The van der Waals surface area contributed by atoms with E-state index in [1.165, 1.54) is 76.2 Å². The van der Waals surface area contributed by atoms with Gasteiger partial charge in [-0.3, -0.25) is 19.2 Å². The molecule has 3 aliphatic rings. The van der Waals surface area contributed by atoms with Crippen molar-refractivity contribution in [3.63, 3.8) is 0 Å². The zero-order valence-electron chi connectivity index (χ0n) is 45.4. The molecule has 3 amide bonds. The zero-order valence-corrected chi connectivity index (χ0v) is 45.4. The van der Waals surface area contributed by atoms with Crippen LogP contribution in [0.5, 0.6) is 17.2 Å². The van der Waals surface area contributed by atoms with E-state index in [2.05, 4.69) is 62.1 Å². The van der Waals surface area contributed by atoms with Gasteiger partial charge in [0, 0.05) is 41.8 Å². The largest absolute Gasteiger partial charge is 0.487 e. The number of benzene rings is 3. The average molecular weight is 1140 g/mol. The fourth-order valence-electron chi connectivity index (χ4n) is 9.35. The Bertz CT molecular complexity index is 3880. The van der Waals surface area contributed by atoms with Crippen LogP contribution >= 0.6 is 0 Å². The van der Waals surface area contributed by atoms with Crippen LogP contribution in [0.1, 0.15) is 86.7 Å². The Morgan fingerprint density at radius 2 is 0.916 bits per heavy atom. The molecule has 0 saturated carbocycles. The highest BCUT2D eigenvalue weighted by molar-refractivity contribution is 6.01. The molecule has 12 rings (SSSR count). The van der Waals surface area contributed by atoms with E-state index in [4.69, 9.17) is 14.2 Å². The second-order valence-electron chi connectivity index (χ2n) is 19.9. The predicted molar refractivity (Wildman–Crippen MR) is 296 cm³/mol. The first-order chi connectivity index (χ1) is 40.0. The standard InChI is InChI=1S/C20H23FN6O2.C18H18FN5O3.C18H16FN5O3/c1-12-15-8-13(21)4-5-17(15)29-14(11-26(2)3)9-22-20(28)16-10-23-27-7-6-18(24-12)25-19(16)27;2*1-10-13-6-11(19)2-3-15(13)27-12(9-25)7-20-18(26)14-8-21-24-5-4-16(22-10)23-17(14)24/h4-8,10,12,14H,9,11H2,1-3H3,(H,22,28)(H,24,25);2-6,8,10,12,25H,7,9H2,1H3,(H,20,26)(H,22,23);2-6,8-10,12H,7H2,1H3,(H,20,26)(H,22,23)/t12-,14-;2*10-,12-/m111/s1. The molecule has 7 N–H and O–H groups in total. The second kappa shape index (κ2) is 24.5. The van der Waals surface area contributed by atoms with E-state index < -0.39 is 29.7 Å². The molecule has 0 fully saturated rings. The van der Waals surface area contributed by atoms with Gasteiger partial charge in [-0.2, -0.15) is 15.3 Å². The van der Waals surface area contributed by atoms with Crippen LogP contribution in [-0.2, 0) is 4.79 Å². The van der Waals surface area contributed by atoms with Crippen molar-refractivity contribution >= 4 is 58.4 Å². The van der Waals surface area contributed by atoms with Crippen molar-refractivity contribution in [2.24, 2.45) is 0 Å². The molecule has 430 valence electrons. The van der Waals surface area contributed by atoms with Gasteiger partial charge in [0.05, 0.1) is 63.0 Å². The molecule has 0 radical (unpaired) electrons. The highest BCUT2D eigenvalue weighted by atomic mass is 19.1. The monoisotopic (exact) mass is 1140 g/mol. The van der Waals surface area contributed by atoms with Crippen molar-refractivity contribution in [3.8, 4) is 17.2 Å². The molecule has 83 heavy (non-hydrogen) atoms. The number of halogens is 3. The van der Waals surface area contributed by atoms with E-state index >= 15 is 0 Å². The number of hydrogen-bond acceptors (Lipinski definition) is 18. The summed E-state index contributed by atoms with van der Waals surface area (Å²) in [7, 11) is 3.86. The minimum absolute atomic E-state index is 0.0437. The smallest absolute Gasteiger partial charge is 0.256 e. The first-order valence-corrected chi connectivity index (χ1v) is 26.3. The predicted octanol–water partition coefficient (Wildman–Crippen LogP) is 5.35. The summed E-state index contributed by atoms with van der Waals surface area (Å²) < 4.78 is 63.9. The van der Waals surface area contributed by atoms with Crippen LogP contribution in [0, 0.1) is 17.5 Å². The van der Waals surface area contributed by atoms with Crippen molar-refractivity contribution in [2.75, 3.05) is 62.8 Å². The molecule has 0 aliphatic carbocycles. The number of nitrogens with one attached hydrogen (secondary N) is 6. The third-order valence-corrected chi connectivity index (χ3v) is 13.5. The van der Waals surface area contributed by atoms with Crippen molar-refractivity contribution in [2.45, 2.75) is 57.2 Å². The number of carbonyl (C=O) groups excluding carboxylic acids is 4. The van der Waals surface area contributed by atoms with E-state index in [0.29, 0.717) is 92.3 Å². The average Bonchev–Trinajstić information content (AvgIpc) is 4.39. The van der Waals surface area contributed by atoms with E-state index in [-0.39, 0.29) is 73.7 Å². The number of carbonyl (C=O) groups is 4. The summed E-state index contributed by atoms with van der Waals surface area (Å²) in [6.07, 6.45) is 8.08. The number of rotatable bonds is 4. The van der Waals surface area contributed by atoms with Gasteiger partial charge in [-0.05, 0) is 108 Å². The Morgan fingerprint density at radius 3 is 1.29 bits per heavy atom. The molecule has 27 heteroatoms. The van der Waals surface area contributed by atoms with Crippen LogP contribution in [-0.4, -0.2) is 143 Å². The van der Waals surface area contributed by atoms with Gasteiger partial charge >= 0.3 is 0 Å². The number of aromatic nitrogens is 9. The van der Waals surface area contributed by atoms with Gasteiger partial charge in [-0.15, -0.1) is 0 Å². The number of aliphatic hydroxyl groups excluding tert-OH is 1. The molecule has 0 spiro atoms. The molecule has 6 bridgehead atoms. The minimum atomic E-state index is -0.923. The van der Waals surface area contributed by atoms with Crippen LogP contribution in [0.3, 0.4) is 0 Å². The highest BCUT2D eigenvalue weighted by Gasteiger charge is 2.26. The van der Waals surface area contributed by atoms with Crippen molar-refractivity contribution in [1.29, 1.82) is 0 Å². The molecule has 9 aromatic rings. The SMILES string of the molecule is C[C@H]1Nc2ccn3ncc(c3n2)C(=O)NC[C@H](C=O)Oc2ccc(F)cc21.C[C@H]1Nc2ccn3ncc(c3n2)C(=O)NC[C@H](CN(C)C)Oc2ccc(F)cc21.C[C@H]1Nc2ccn3ncc(c3n2)C(=O)NC[C@H](CO)Oc2ccc(F)cc21. The second-order valence-corrected chi connectivity index (χ2v) is 19.9. The number of anilines is 3. The van der Waals surface area contributed by atoms with E-state index in [1.807, 2.05) is 39.8 Å². The summed E-state index contributed by atoms with van der Waals surface area (Å²) in [6.45, 7) is 6.17. The maximum absolute atomic E-state index is 14.0. The molecule has 9 heterocycles. The molecule has 3 aromatic carbocycles. The Morgan fingerprint density at radius 1 is 0.554 bits per heavy atom. The lowest BCUT2D eigenvalue weighted by atomic mass is 10.1. The summed E-state index contributed by atoms with van der Waals surface area (Å²) in [6, 6.07) is 16.9. The first-order valence-electron chi connectivity index (χ1n) is 26.3. The highest BCUT2D eigenvalue weighted by Crippen LogP contribution is 2.33. The lowest BCUT2D eigenvalue weighted by Crippen LogP contribution is -2.41. The molecule has 3 aliphatic heterocycles. The summed E-state index contributed by atoms with van der Waals surface area (Å²) >= 11 is 0. The third kappa shape index (κ3) is 12.8. The molecule has 0 saturated heterocycles. The lowest BCUT2D eigenvalue weighted by Gasteiger charge is -2.25. The number of amides is 3. The fraction of sp³-hybridized carbons (Fsp3) is 0.286. The van der Waals surface area contributed by atoms with Crippen LogP contribution in [0.2, 0.25) is 0 Å². The number of fused-ring (bicyclic) bond motifs is 6. The van der Waals surface area contributed by atoms with Crippen LogP contribution in [0.25, 0.3) is 16.9 Å². The van der Waals surface area contributed by atoms with Crippen LogP contribution < -0.4 is 46.1 Å². The topological polar surface area (TPSA) is 282 Å². The van der Waals surface area contributed by atoms with E-state index in [9.17, 15) is 37.5 Å². The van der Waals surface area contributed by atoms with Gasteiger partial charge in [0.25, 0.3) is 17.7 Å². The molecule has 0 unspecified atom stereocenters. The molecular weight excluding hydrogens is 1080 g/mol. The molecule has 6 aromatic heterocycles. The van der Waals surface area contributed by atoms with Crippen LogP contribution in [0.15, 0.2) is 110 Å². The first kappa shape index (κ1) is 56.4. The lowest BCUT2D eigenvalue weighted by molar-refractivity contribution is -0.113. The van der Waals surface area contributed by atoms with Gasteiger partial charge in [0.15, 0.2) is 29.3 Å². The van der Waals surface area contributed by atoms with Crippen molar-refractivity contribution < 1.29 is 51.7 Å². The van der Waals surface area contributed by atoms with Gasteiger partial charge in [0.2, 0.25) is 0 Å². The number of ether oxygens (including phenoxy) is 3. The molecule has 24 nitrogen and oxygen atoms in total. The van der Waals surface area contributed by atoms with E-state index in [1.54, 1.807) is 47.4 Å². The number of hydrogen-bond donors (Lipinski definition) is 7. The quantitative estimate of drug-likeness (QED) is 0.109. The third-order valence-electron chi connectivity index (χ3n) is 13.5. The van der Waals surface area contributed by atoms with Gasteiger partial charge in [-0.1, -0.05) is 0 Å². The van der Waals surface area contributed by atoms with Crippen molar-refractivity contribution in [1.82, 2.24) is 64.6 Å². The van der Waals surface area contributed by atoms with Gasteiger partial charge < -0.3 is 56.1 Å². The Balaban J connectivity index is 0.000000139. The van der Waals surface area contributed by atoms with E-state index in [0.717, 1.165) is 0 Å². The fourth-order valence-corrected chi connectivity index (χ4v) is 9.35. The Hall–Kier alpha value is -9.89. The number of likely N-dealkylation sites (N-methyl/N-ethyl adjacent to an activating group) is 1. The van der Waals surface area contributed by atoms with Crippen LogP contribution in [0.4, 0.5) is 30.6 Å². The number of aldehydes is 1. The summed E-state index contributed by atoms with van der Waals surface area (Å²) in [5.41, 5.74) is 3.96. The summed E-state index contributed by atoms with van der Waals surface area (Å²) in [4.78, 5) is 64.5.